The van der Waals surface area contributed by atoms with Crippen molar-refractivity contribution in [3.05, 3.63) is 21.4 Å². The number of carbonyl (C=O) groups is 1. The van der Waals surface area contributed by atoms with Crippen molar-refractivity contribution < 1.29 is 9.90 Å². The van der Waals surface area contributed by atoms with Crippen molar-refractivity contribution in [3.8, 4) is 0 Å². The fourth-order valence-electron chi connectivity index (χ4n) is 2.00. The summed E-state index contributed by atoms with van der Waals surface area (Å²) in [5, 5.41) is 9.01. The minimum Gasteiger partial charge on any atom is -0.395 e. The predicted molar refractivity (Wildman–Crippen MR) is 76.3 cm³/mol. The highest BCUT2D eigenvalue weighted by Crippen LogP contribution is 2.24. The number of aryl methyl sites for hydroxylation is 2. The number of aliphatic hydroxyl groups is 1. The van der Waals surface area contributed by atoms with Crippen LogP contribution in [0.5, 0.6) is 0 Å². The number of hydrogen-bond donors (Lipinski definition) is 1. The van der Waals surface area contributed by atoms with Gasteiger partial charge in [-0.1, -0.05) is 20.3 Å². The lowest BCUT2D eigenvalue weighted by atomic mass is 10.1. The Labute approximate surface area is 113 Å². The summed E-state index contributed by atoms with van der Waals surface area (Å²) in [7, 11) is 0. The van der Waals surface area contributed by atoms with Gasteiger partial charge >= 0.3 is 0 Å². The van der Waals surface area contributed by atoms with Crippen molar-refractivity contribution in [1.29, 1.82) is 0 Å². The number of nitrogens with zero attached hydrogens (tertiary/aromatic N) is 1. The third-order valence-electron chi connectivity index (χ3n) is 2.90. The minimum atomic E-state index is 0.0257. The number of thiophene rings is 1. The van der Waals surface area contributed by atoms with Crippen LogP contribution in [0.15, 0.2) is 6.07 Å². The largest absolute Gasteiger partial charge is 0.395 e. The Morgan fingerprint density at radius 3 is 2.61 bits per heavy atom. The van der Waals surface area contributed by atoms with Crippen molar-refractivity contribution in [2.24, 2.45) is 0 Å². The second-order valence-corrected chi connectivity index (χ2v) is 5.71. The van der Waals surface area contributed by atoms with Gasteiger partial charge in [-0.2, -0.15) is 0 Å². The van der Waals surface area contributed by atoms with Crippen LogP contribution in [0.1, 0.15) is 46.8 Å². The summed E-state index contributed by atoms with van der Waals surface area (Å²) >= 11 is 1.57. The molecular formula is C14H23NO2S. The first-order valence-electron chi connectivity index (χ1n) is 6.63. The van der Waals surface area contributed by atoms with Crippen LogP contribution < -0.4 is 0 Å². The second-order valence-electron chi connectivity index (χ2n) is 4.46. The zero-order valence-electron chi connectivity index (χ0n) is 11.5. The lowest BCUT2D eigenvalue weighted by Crippen LogP contribution is -2.33. The van der Waals surface area contributed by atoms with Crippen molar-refractivity contribution in [3.63, 3.8) is 0 Å². The van der Waals surface area contributed by atoms with E-state index in [1.54, 1.807) is 16.2 Å². The average molecular weight is 269 g/mol. The minimum absolute atomic E-state index is 0.0257. The van der Waals surface area contributed by atoms with Crippen LogP contribution in [0.2, 0.25) is 0 Å². The Hall–Kier alpha value is -0.870. The van der Waals surface area contributed by atoms with E-state index in [1.807, 2.05) is 13.0 Å². The normalized spacial score (nSPS) is 10.7. The summed E-state index contributed by atoms with van der Waals surface area (Å²) in [5.41, 5.74) is 1.28. The number of carbonyl (C=O) groups excluding carboxylic acids is 1. The quantitative estimate of drug-likeness (QED) is 0.827. The van der Waals surface area contributed by atoms with Crippen LogP contribution in [0.3, 0.4) is 0 Å². The molecule has 3 nitrogen and oxygen atoms in total. The van der Waals surface area contributed by atoms with Gasteiger partial charge in [0.1, 0.15) is 0 Å². The van der Waals surface area contributed by atoms with Gasteiger partial charge in [-0.25, -0.2) is 0 Å². The van der Waals surface area contributed by atoms with Crippen LogP contribution >= 0.6 is 11.3 Å². The molecule has 0 saturated heterocycles. The molecule has 0 aromatic carbocycles. The summed E-state index contributed by atoms with van der Waals surface area (Å²) in [5.74, 6) is 0.0568. The molecule has 0 fully saturated rings. The molecule has 0 atom stereocenters. The summed E-state index contributed by atoms with van der Waals surface area (Å²) in [6.07, 6.45) is 3.04. The molecule has 1 heterocycles. The average Bonchev–Trinajstić information content (AvgIpc) is 2.70. The number of amides is 1. The van der Waals surface area contributed by atoms with Crippen LogP contribution in [0, 0.1) is 6.92 Å². The van der Waals surface area contributed by atoms with Crippen molar-refractivity contribution in [2.45, 2.75) is 40.0 Å². The molecule has 1 aromatic rings. The maximum absolute atomic E-state index is 12.3. The van der Waals surface area contributed by atoms with Gasteiger partial charge in [0.05, 0.1) is 11.5 Å². The van der Waals surface area contributed by atoms with Crippen LogP contribution in [0.25, 0.3) is 0 Å². The molecule has 0 unspecified atom stereocenters. The van der Waals surface area contributed by atoms with Crippen molar-refractivity contribution in [1.82, 2.24) is 4.90 Å². The Kier molecular flexibility index (Phi) is 6.36. The molecule has 1 N–H and O–H groups in total. The fourth-order valence-corrected chi connectivity index (χ4v) is 3.04. The highest BCUT2D eigenvalue weighted by atomic mass is 32.1. The number of hydrogen-bond acceptors (Lipinski definition) is 3. The molecule has 0 saturated carbocycles. The van der Waals surface area contributed by atoms with Crippen LogP contribution in [-0.4, -0.2) is 35.6 Å². The Morgan fingerprint density at radius 2 is 2.06 bits per heavy atom. The Bertz CT molecular complexity index is 381. The van der Waals surface area contributed by atoms with E-state index in [9.17, 15) is 4.79 Å². The topological polar surface area (TPSA) is 40.5 Å². The Morgan fingerprint density at radius 1 is 1.33 bits per heavy atom. The van der Waals surface area contributed by atoms with Gasteiger partial charge in [-0.15, -0.1) is 11.3 Å². The lowest BCUT2D eigenvalue weighted by Gasteiger charge is -2.20. The maximum Gasteiger partial charge on any atom is 0.264 e. The van der Waals surface area contributed by atoms with Gasteiger partial charge in [0.15, 0.2) is 0 Å². The predicted octanol–water partition coefficient (Wildman–Crippen LogP) is 2.85. The first-order valence-corrected chi connectivity index (χ1v) is 7.45. The molecule has 0 aliphatic rings. The third kappa shape index (κ3) is 3.82. The SMILES string of the molecule is CCCc1cc(C(=O)N(CCC)CCO)sc1C. The fraction of sp³-hybridized carbons (Fsp3) is 0.643. The molecule has 0 bridgehead atoms. The summed E-state index contributed by atoms with van der Waals surface area (Å²) in [6.45, 7) is 7.42. The molecule has 102 valence electrons. The van der Waals surface area contributed by atoms with Gasteiger partial charge in [-0.3, -0.25) is 4.79 Å². The maximum atomic E-state index is 12.3. The molecule has 0 spiro atoms. The van der Waals surface area contributed by atoms with Crippen LogP contribution in [-0.2, 0) is 6.42 Å². The summed E-state index contributed by atoms with van der Waals surface area (Å²) in [4.78, 5) is 16.1. The molecule has 1 rings (SSSR count). The number of aliphatic hydroxyl groups excluding tert-OH is 1. The van der Waals surface area contributed by atoms with Gasteiger partial charge < -0.3 is 10.0 Å². The molecule has 0 radical (unpaired) electrons. The number of rotatable bonds is 7. The third-order valence-corrected chi connectivity index (χ3v) is 3.98. The monoisotopic (exact) mass is 269 g/mol. The van der Waals surface area contributed by atoms with Crippen LogP contribution in [0.4, 0.5) is 0 Å². The van der Waals surface area contributed by atoms with E-state index in [0.29, 0.717) is 13.1 Å². The van der Waals surface area contributed by atoms with Gasteiger partial charge in [0.25, 0.3) is 5.91 Å². The highest BCUT2D eigenvalue weighted by Gasteiger charge is 2.17. The van der Waals surface area contributed by atoms with Gasteiger partial charge in [0, 0.05) is 18.0 Å². The molecule has 0 aliphatic heterocycles. The second kappa shape index (κ2) is 7.54. The smallest absolute Gasteiger partial charge is 0.264 e. The zero-order chi connectivity index (χ0) is 13.5. The molecule has 4 heteroatoms. The lowest BCUT2D eigenvalue weighted by molar-refractivity contribution is 0.0726. The van der Waals surface area contributed by atoms with E-state index in [-0.39, 0.29) is 12.5 Å². The van der Waals surface area contributed by atoms with Gasteiger partial charge in [0.2, 0.25) is 0 Å². The van der Waals surface area contributed by atoms with E-state index in [2.05, 4.69) is 13.8 Å². The first-order chi connectivity index (χ1) is 8.63. The van der Waals surface area contributed by atoms with E-state index in [1.165, 1.54) is 10.4 Å². The van der Waals surface area contributed by atoms with E-state index in [0.717, 1.165) is 24.1 Å². The van der Waals surface area contributed by atoms with E-state index < -0.39 is 0 Å². The zero-order valence-corrected chi connectivity index (χ0v) is 12.3. The van der Waals surface area contributed by atoms with Crippen molar-refractivity contribution >= 4 is 17.2 Å². The molecule has 1 amide bonds. The summed E-state index contributed by atoms with van der Waals surface area (Å²) < 4.78 is 0. The molecule has 0 aliphatic carbocycles. The highest BCUT2D eigenvalue weighted by molar-refractivity contribution is 7.14. The molecule has 18 heavy (non-hydrogen) atoms. The van der Waals surface area contributed by atoms with Gasteiger partial charge in [-0.05, 0) is 31.4 Å². The Balaban J connectivity index is 2.83. The summed E-state index contributed by atoms with van der Waals surface area (Å²) in [6, 6.07) is 2.02. The molecule has 1 aromatic heterocycles. The van der Waals surface area contributed by atoms with Crippen molar-refractivity contribution in [2.75, 3.05) is 19.7 Å². The van der Waals surface area contributed by atoms with E-state index >= 15 is 0 Å². The molecular weight excluding hydrogens is 246 g/mol. The first kappa shape index (κ1) is 15.2. The van der Waals surface area contributed by atoms with E-state index in [4.69, 9.17) is 5.11 Å². The standard InChI is InChI=1S/C14H23NO2S/c1-4-6-12-10-13(18-11(12)3)14(17)15(7-5-2)8-9-16/h10,16H,4-9H2,1-3H3.